The number of esters is 1. The van der Waals surface area contributed by atoms with Crippen molar-refractivity contribution < 1.29 is 14.3 Å². The maximum absolute atomic E-state index is 13.1. The zero-order valence-corrected chi connectivity index (χ0v) is 16.3. The van der Waals surface area contributed by atoms with E-state index in [-0.39, 0.29) is 23.2 Å². The van der Waals surface area contributed by atoms with E-state index >= 15 is 0 Å². The molecule has 1 fully saturated rings. The van der Waals surface area contributed by atoms with E-state index < -0.39 is 0 Å². The molecular formula is C25H23NO3. The molecule has 0 radical (unpaired) electrons. The predicted molar refractivity (Wildman–Crippen MR) is 113 cm³/mol. The second-order valence-electron chi connectivity index (χ2n) is 7.25. The molecule has 1 saturated carbocycles. The molecular weight excluding hydrogens is 362 g/mol. The number of benzene rings is 3. The van der Waals surface area contributed by atoms with Gasteiger partial charge in [-0.2, -0.15) is 0 Å². The van der Waals surface area contributed by atoms with E-state index in [1.165, 1.54) is 0 Å². The number of hydrogen-bond acceptors (Lipinski definition) is 3. The third kappa shape index (κ3) is 3.66. The van der Waals surface area contributed by atoms with Crippen molar-refractivity contribution in [3.8, 4) is 0 Å². The van der Waals surface area contributed by atoms with Gasteiger partial charge in [-0.3, -0.25) is 4.79 Å². The third-order valence-electron chi connectivity index (χ3n) is 5.52. The molecule has 3 aromatic carbocycles. The van der Waals surface area contributed by atoms with Crippen molar-refractivity contribution in [1.82, 2.24) is 0 Å². The minimum Gasteiger partial charge on any atom is -0.462 e. The summed E-state index contributed by atoms with van der Waals surface area (Å²) < 4.78 is 5.00. The van der Waals surface area contributed by atoms with Crippen LogP contribution in [0, 0.1) is 5.92 Å². The molecule has 0 aromatic heterocycles. The number of carbonyl (C=O) groups excluding carboxylic acids is 2. The summed E-state index contributed by atoms with van der Waals surface area (Å²) in [5.74, 6) is -0.515. The van der Waals surface area contributed by atoms with Crippen LogP contribution in [-0.4, -0.2) is 18.5 Å². The molecule has 0 saturated heterocycles. The van der Waals surface area contributed by atoms with Gasteiger partial charge in [-0.15, -0.1) is 0 Å². The molecule has 4 rings (SSSR count). The highest BCUT2D eigenvalue weighted by Gasteiger charge is 2.60. The summed E-state index contributed by atoms with van der Waals surface area (Å²) in [7, 11) is 0. The number of carbonyl (C=O) groups is 2. The van der Waals surface area contributed by atoms with Crippen LogP contribution in [0.4, 0.5) is 5.69 Å². The van der Waals surface area contributed by atoms with E-state index in [4.69, 9.17) is 4.74 Å². The molecule has 0 heterocycles. The van der Waals surface area contributed by atoms with Crippen LogP contribution in [0.1, 0.15) is 34.8 Å². The Bertz CT molecular complexity index is 958. The molecule has 1 aliphatic carbocycles. The zero-order valence-electron chi connectivity index (χ0n) is 16.3. The Morgan fingerprint density at radius 2 is 1.45 bits per heavy atom. The van der Waals surface area contributed by atoms with Crippen LogP contribution in [0.2, 0.25) is 0 Å². The molecule has 1 aliphatic rings. The van der Waals surface area contributed by atoms with Crippen molar-refractivity contribution in [2.24, 2.45) is 5.92 Å². The molecule has 0 unspecified atom stereocenters. The molecule has 3 aromatic rings. The summed E-state index contributed by atoms with van der Waals surface area (Å²) in [6.07, 6.45) is 0.772. The third-order valence-corrected chi connectivity index (χ3v) is 5.52. The van der Waals surface area contributed by atoms with Gasteiger partial charge in [0.2, 0.25) is 5.91 Å². The maximum atomic E-state index is 13.1. The SMILES string of the molecule is CCOC(=O)c1ccc(NC(=O)[C@@H]2CC2(c2ccccc2)c2ccccc2)cc1. The fourth-order valence-electron chi connectivity index (χ4n) is 3.99. The molecule has 146 valence electrons. The standard InChI is InChI=1S/C25H23NO3/c1-2-29-24(28)18-13-15-21(16-14-18)26-23(27)22-17-25(22,19-9-5-3-6-10-19)20-11-7-4-8-12-20/h3-16,22H,2,17H2,1H3,(H,26,27)/t22-/m0/s1. The molecule has 0 bridgehead atoms. The summed E-state index contributed by atoms with van der Waals surface area (Å²) in [4.78, 5) is 24.8. The average molecular weight is 385 g/mol. The van der Waals surface area contributed by atoms with Gasteiger partial charge in [-0.1, -0.05) is 60.7 Å². The summed E-state index contributed by atoms with van der Waals surface area (Å²) in [5, 5.41) is 3.01. The zero-order chi connectivity index (χ0) is 20.3. The minimum absolute atomic E-state index is 0.0124. The predicted octanol–water partition coefficient (Wildman–Crippen LogP) is 4.81. The number of nitrogens with one attached hydrogen (secondary N) is 1. The van der Waals surface area contributed by atoms with Gasteiger partial charge in [0.15, 0.2) is 0 Å². The van der Waals surface area contributed by atoms with Gasteiger partial charge in [0, 0.05) is 11.1 Å². The average Bonchev–Trinajstić information content (AvgIpc) is 3.53. The van der Waals surface area contributed by atoms with Crippen molar-refractivity contribution in [2.45, 2.75) is 18.8 Å². The summed E-state index contributed by atoms with van der Waals surface area (Å²) in [6, 6.07) is 27.2. The number of rotatable bonds is 6. The van der Waals surface area contributed by atoms with Crippen molar-refractivity contribution in [2.75, 3.05) is 11.9 Å². The fraction of sp³-hybridized carbons (Fsp3) is 0.200. The lowest BCUT2D eigenvalue weighted by Crippen LogP contribution is -2.22. The van der Waals surface area contributed by atoms with E-state index in [0.29, 0.717) is 17.9 Å². The van der Waals surface area contributed by atoms with Crippen LogP contribution in [0.25, 0.3) is 0 Å². The fourth-order valence-corrected chi connectivity index (χ4v) is 3.99. The first-order valence-electron chi connectivity index (χ1n) is 9.84. The lowest BCUT2D eigenvalue weighted by molar-refractivity contribution is -0.117. The molecule has 1 N–H and O–H groups in total. The van der Waals surface area contributed by atoms with Gasteiger partial charge in [0.25, 0.3) is 0 Å². The maximum Gasteiger partial charge on any atom is 0.338 e. The number of hydrogen-bond donors (Lipinski definition) is 1. The van der Waals surface area contributed by atoms with E-state index in [1.54, 1.807) is 31.2 Å². The van der Waals surface area contributed by atoms with Gasteiger partial charge >= 0.3 is 5.97 Å². The van der Waals surface area contributed by atoms with Crippen molar-refractivity contribution >= 4 is 17.6 Å². The summed E-state index contributed by atoms with van der Waals surface area (Å²) in [5.41, 5.74) is 3.16. The van der Waals surface area contributed by atoms with Crippen molar-refractivity contribution in [3.05, 3.63) is 102 Å². The number of anilines is 1. The lowest BCUT2D eigenvalue weighted by Gasteiger charge is -2.19. The summed E-state index contributed by atoms with van der Waals surface area (Å²) >= 11 is 0. The molecule has 1 atom stereocenters. The van der Waals surface area contributed by atoms with E-state index in [1.807, 2.05) is 36.4 Å². The Hall–Kier alpha value is -3.40. The van der Waals surface area contributed by atoms with Gasteiger partial charge < -0.3 is 10.1 Å². The first kappa shape index (κ1) is 18.9. The van der Waals surface area contributed by atoms with E-state index in [0.717, 1.165) is 17.5 Å². The van der Waals surface area contributed by atoms with Crippen LogP contribution in [0.5, 0.6) is 0 Å². The minimum atomic E-state index is -0.361. The Morgan fingerprint density at radius 3 is 1.97 bits per heavy atom. The van der Waals surface area contributed by atoms with Crippen LogP contribution >= 0.6 is 0 Å². The Labute approximate surface area is 170 Å². The van der Waals surface area contributed by atoms with Crippen LogP contribution in [0.3, 0.4) is 0 Å². The number of ether oxygens (including phenoxy) is 1. The smallest absolute Gasteiger partial charge is 0.338 e. The molecule has 1 amide bonds. The van der Waals surface area contributed by atoms with Crippen LogP contribution < -0.4 is 5.32 Å². The monoisotopic (exact) mass is 385 g/mol. The summed E-state index contributed by atoms with van der Waals surface area (Å²) in [6.45, 7) is 2.11. The quantitative estimate of drug-likeness (QED) is 0.620. The second-order valence-corrected chi connectivity index (χ2v) is 7.25. The molecule has 29 heavy (non-hydrogen) atoms. The van der Waals surface area contributed by atoms with Gasteiger partial charge in [-0.25, -0.2) is 4.79 Å². The highest BCUT2D eigenvalue weighted by Crippen LogP contribution is 2.59. The van der Waals surface area contributed by atoms with Gasteiger partial charge in [-0.05, 0) is 48.7 Å². The second kappa shape index (κ2) is 7.92. The topological polar surface area (TPSA) is 55.4 Å². The van der Waals surface area contributed by atoms with Gasteiger partial charge in [0.05, 0.1) is 18.1 Å². The lowest BCUT2D eigenvalue weighted by atomic mass is 9.85. The first-order valence-corrected chi connectivity index (χ1v) is 9.84. The highest BCUT2D eigenvalue weighted by molar-refractivity contribution is 5.97. The number of amides is 1. The molecule has 0 aliphatic heterocycles. The van der Waals surface area contributed by atoms with Crippen LogP contribution in [0.15, 0.2) is 84.9 Å². The molecule has 4 heteroatoms. The Kier molecular flexibility index (Phi) is 5.17. The Balaban J connectivity index is 1.54. The van der Waals surface area contributed by atoms with E-state index in [9.17, 15) is 9.59 Å². The van der Waals surface area contributed by atoms with Crippen molar-refractivity contribution in [1.29, 1.82) is 0 Å². The van der Waals surface area contributed by atoms with Crippen molar-refractivity contribution in [3.63, 3.8) is 0 Å². The van der Waals surface area contributed by atoms with Crippen LogP contribution in [-0.2, 0) is 14.9 Å². The Morgan fingerprint density at radius 1 is 0.897 bits per heavy atom. The normalized spacial score (nSPS) is 16.7. The molecule has 4 nitrogen and oxygen atoms in total. The first-order chi connectivity index (χ1) is 14.1. The highest BCUT2D eigenvalue weighted by atomic mass is 16.5. The largest absolute Gasteiger partial charge is 0.462 e. The molecule has 0 spiro atoms. The van der Waals surface area contributed by atoms with Gasteiger partial charge in [0.1, 0.15) is 0 Å². The van der Waals surface area contributed by atoms with E-state index in [2.05, 4.69) is 29.6 Å².